The normalized spacial score (nSPS) is 11.6. The lowest BCUT2D eigenvalue weighted by Gasteiger charge is -2.19. The average molecular weight is 633 g/mol. The van der Waals surface area contributed by atoms with Crippen LogP contribution in [0.5, 0.6) is 0 Å². The molecule has 0 aliphatic rings. The van der Waals surface area contributed by atoms with Crippen molar-refractivity contribution in [2.75, 3.05) is 0 Å². The lowest BCUT2D eigenvalue weighted by Crippen LogP contribution is -1.92. The summed E-state index contributed by atoms with van der Waals surface area (Å²) in [5.41, 5.74) is 9.89. The summed E-state index contributed by atoms with van der Waals surface area (Å²) in [7, 11) is 0. The van der Waals surface area contributed by atoms with Gasteiger partial charge in [-0.3, -0.25) is 0 Å². The Labute approximate surface area is 291 Å². The molecule has 0 fully saturated rings. The molecule has 0 unspecified atom stereocenters. The molecule has 0 heterocycles. The second-order valence-corrected chi connectivity index (χ2v) is 13.3. The highest BCUT2D eigenvalue weighted by Gasteiger charge is 2.18. The molecular formula is C50H32. The van der Waals surface area contributed by atoms with Crippen molar-refractivity contribution in [2.24, 2.45) is 0 Å². The summed E-state index contributed by atoms with van der Waals surface area (Å²) in [6.45, 7) is 0. The van der Waals surface area contributed by atoms with Crippen molar-refractivity contribution in [1.29, 1.82) is 0 Å². The van der Waals surface area contributed by atoms with Crippen molar-refractivity contribution in [3.63, 3.8) is 0 Å². The van der Waals surface area contributed by atoms with Gasteiger partial charge in [0.15, 0.2) is 0 Å². The Bertz CT molecular complexity index is 2910. The van der Waals surface area contributed by atoms with Crippen LogP contribution < -0.4 is 0 Å². The van der Waals surface area contributed by atoms with E-state index in [1.54, 1.807) is 0 Å². The zero-order chi connectivity index (χ0) is 33.0. The van der Waals surface area contributed by atoms with Gasteiger partial charge in [0.2, 0.25) is 0 Å². The summed E-state index contributed by atoms with van der Waals surface area (Å²) in [6, 6.07) is 71.5. The van der Waals surface area contributed by atoms with Crippen LogP contribution in [0.3, 0.4) is 0 Å². The van der Waals surface area contributed by atoms with Crippen LogP contribution in [0, 0.1) is 0 Å². The lowest BCUT2D eigenvalue weighted by atomic mass is 9.84. The van der Waals surface area contributed by atoms with E-state index in [9.17, 15) is 0 Å². The van der Waals surface area contributed by atoms with E-state index in [-0.39, 0.29) is 0 Å². The molecule has 0 heteroatoms. The van der Waals surface area contributed by atoms with E-state index in [0.717, 1.165) is 0 Å². The van der Waals surface area contributed by atoms with Crippen LogP contribution in [0.15, 0.2) is 194 Å². The molecule has 10 aromatic rings. The first-order valence-electron chi connectivity index (χ1n) is 17.3. The first kappa shape index (κ1) is 28.5. The molecule has 10 rings (SSSR count). The number of benzene rings is 10. The molecule has 232 valence electrons. The third-order valence-electron chi connectivity index (χ3n) is 10.4. The fraction of sp³-hybridized carbons (Fsp3) is 0. The molecule has 0 aromatic heterocycles. The van der Waals surface area contributed by atoms with Crippen molar-refractivity contribution in [3.05, 3.63) is 194 Å². The number of hydrogen-bond donors (Lipinski definition) is 0. The molecule has 10 aromatic carbocycles. The van der Waals surface area contributed by atoms with Gasteiger partial charge in [-0.2, -0.15) is 0 Å². The second-order valence-electron chi connectivity index (χ2n) is 13.3. The van der Waals surface area contributed by atoms with Crippen molar-refractivity contribution in [3.8, 4) is 44.5 Å². The van der Waals surface area contributed by atoms with Gasteiger partial charge in [0, 0.05) is 0 Å². The molecule has 0 bridgehead atoms. The molecule has 0 aliphatic carbocycles. The fourth-order valence-corrected chi connectivity index (χ4v) is 8.00. The average Bonchev–Trinajstić information content (AvgIpc) is 3.19. The molecule has 0 amide bonds. The Hall–Kier alpha value is -6.50. The Balaban J connectivity index is 1.28. The van der Waals surface area contributed by atoms with Crippen LogP contribution in [-0.4, -0.2) is 0 Å². The van der Waals surface area contributed by atoms with Gasteiger partial charge < -0.3 is 0 Å². The minimum Gasteiger partial charge on any atom is -0.0622 e. The van der Waals surface area contributed by atoms with E-state index < -0.39 is 0 Å². The Morgan fingerprint density at radius 3 is 1.48 bits per heavy atom. The zero-order valence-corrected chi connectivity index (χ0v) is 27.5. The summed E-state index contributed by atoms with van der Waals surface area (Å²) in [6.07, 6.45) is 0. The Morgan fingerprint density at radius 1 is 0.180 bits per heavy atom. The third-order valence-corrected chi connectivity index (χ3v) is 10.4. The van der Waals surface area contributed by atoms with E-state index in [2.05, 4.69) is 194 Å². The fourth-order valence-electron chi connectivity index (χ4n) is 8.00. The molecule has 0 aliphatic heterocycles. The molecule has 0 N–H and O–H groups in total. The van der Waals surface area contributed by atoms with E-state index in [4.69, 9.17) is 0 Å². The molecule has 0 spiro atoms. The molecule has 0 atom stereocenters. The predicted molar refractivity (Wildman–Crippen MR) is 216 cm³/mol. The highest BCUT2D eigenvalue weighted by molar-refractivity contribution is 6.23. The van der Waals surface area contributed by atoms with Gasteiger partial charge >= 0.3 is 0 Å². The van der Waals surface area contributed by atoms with Crippen molar-refractivity contribution in [2.45, 2.75) is 0 Å². The lowest BCUT2D eigenvalue weighted by molar-refractivity contribution is 1.61. The van der Waals surface area contributed by atoms with Crippen molar-refractivity contribution >= 4 is 53.9 Å². The zero-order valence-electron chi connectivity index (χ0n) is 27.5. The van der Waals surface area contributed by atoms with Crippen LogP contribution in [0.4, 0.5) is 0 Å². The Kier molecular flexibility index (Phi) is 6.60. The van der Waals surface area contributed by atoms with Crippen LogP contribution in [0.25, 0.3) is 98.4 Å². The van der Waals surface area contributed by atoms with Crippen LogP contribution >= 0.6 is 0 Å². The predicted octanol–water partition coefficient (Wildman–Crippen LogP) is 14.1. The van der Waals surface area contributed by atoms with Gasteiger partial charge in [-0.15, -0.1) is 0 Å². The van der Waals surface area contributed by atoms with Crippen LogP contribution in [-0.2, 0) is 0 Å². The molecule has 0 saturated heterocycles. The molecular weight excluding hydrogens is 601 g/mol. The van der Waals surface area contributed by atoms with Gasteiger partial charge in [-0.1, -0.05) is 170 Å². The summed E-state index contributed by atoms with van der Waals surface area (Å²) in [4.78, 5) is 0. The number of rotatable bonds is 4. The van der Waals surface area contributed by atoms with Gasteiger partial charge in [-0.05, 0) is 123 Å². The maximum atomic E-state index is 2.43. The maximum absolute atomic E-state index is 2.43. The SMILES string of the molecule is c1ccc(-c2cccc(-c3c4ccccc4c(-c4ccc5c(ccc6ccccc65)c4)c4cc(-c5ccc6ccccc6c5)ccc34)c2)cc1. The van der Waals surface area contributed by atoms with E-state index in [1.165, 1.54) is 98.4 Å². The standard InChI is InChI=1S/C50H32/c1-2-11-33(12-3-1)37-16-10-17-41(30-37)49-45-19-8-9-20-46(45)50(42-26-27-44-40(31-42)24-22-35-14-6-7-18-43(35)44)48-32-39(25-28-47(48)49)38-23-21-34-13-4-5-15-36(34)29-38/h1-32H. The third kappa shape index (κ3) is 4.69. The number of hydrogen-bond acceptors (Lipinski definition) is 0. The van der Waals surface area contributed by atoms with Gasteiger partial charge in [0.1, 0.15) is 0 Å². The van der Waals surface area contributed by atoms with E-state index in [1.807, 2.05) is 0 Å². The van der Waals surface area contributed by atoms with Gasteiger partial charge in [0.05, 0.1) is 0 Å². The topological polar surface area (TPSA) is 0 Å². The maximum Gasteiger partial charge on any atom is -0.00259 e. The van der Waals surface area contributed by atoms with Crippen molar-refractivity contribution < 1.29 is 0 Å². The van der Waals surface area contributed by atoms with Crippen LogP contribution in [0.1, 0.15) is 0 Å². The molecule has 0 nitrogen and oxygen atoms in total. The first-order valence-corrected chi connectivity index (χ1v) is 17.3. The highest BCUT2D eigenvalue weighted by Crippen LogP contribution is 2.46. The quantitative estimate of drug-likeness (QED) is 0.134. The monoisotopic (exact) mass is 632 g/mol. The summed E-state index contributed by atoms with van der Waals surface area (Å²) in [5.74, 6) is 0. The van der Waals surface area contributed by atoms with Gasteiger partial charge in [0.25, 0.3) is 0 Å². The first-order chi connectivity index (χ1) is 24.8. The summed E-state index contributed by atoms with van der Waals surface area (Å²) in [5, 5.41) is 12.6. The van der Waals surface area contributed by atoms with Gasteiger partial charge in [-0.25, -0.2) is 0 Å². The second kappa shape index (κ2) is 11.6. The van der Waals surface area contributed by atoms with Crippen LogP contribution in [0.2, 0.25) is 0 Å². The Morgan fingerprint density at radius 2 is 0.640 bits per heavy atom. The summed E-state index contributed by atoms with van der Waals surface area (Å²) >= 11 is 0. The minimum absolute atomic E-state index is 1.22. The molecule has 50 heavy (non-hydrogen) atoms. The number of fused-ring (bicyclic) bond motifs is 6. The van der Waals surface area contributed by atoms with E-state index >= 15 is 0 Å². The smallest absolute Gasteiger partial charge is 0.00259 e. The molecule has 0 radical (unpaired) electrons. The highest BCUT2D eigenvalue weighted by atomic mass is 14.2. The van der Waals surface area contributed by atoms with E-state index in [0.29, 0.717) is 0 Å². The minimum atomic E-state index is 1.22. The summed E-state index contributed by atoms with van der Waals surface area (Å²) < 4.78 is 0. The largest absolute Gasteiger partial charge is 0.0622 e. The molecule has 0 saturated carbocycles. The van der Waals surface area contributed by atoms with Crippen molar-refractivity contribution in [1.82, 2.24) is 0 Å².